The Morgan fingerprint density at radius 2 is 2.11 bits per heavy atom. The topological polar surface area (TPSA) is 72.4 Å². The van der Waals surface area contributed by atoms with Crippen molar-refractivity contribution < 1.29 is 4.92 Å². The molecule has 1 fully saturated rings. The normalized spacial score (nSPS) is 16.9. The molecule has 0 amide bonds. The van der Waals surface area contributed by atoms with Crippen LogP contribution in [0.15, 0.2) is 18.2 Å². The summed E-state index contributed by atoms with van der Waals surface area (Å²) in [4.78, 5) is 12.9. The molecule has 0 spiro atoms. The van der Waals surface area contributed by atoms with E-state index in [1.807, 2.05) is 12.1 Å². The molecule has 1 aromatic carbocycles. The molecular formula is C12H16IN3O2. The number of hydrogen-bond donors (Lipinski definition) is 1. The Morgan fingerprint density at radius 3 is 2.67 bits per heavy atom. The van der Waals surface area contributed by atoms with Crippen LogP contribution in [0.25, 0.3) is 0 Å². The van der Waals surface area contributed by atoms with Crippen LogP contribution < -0.4 is 10.6 Å². The Hall–Kier alpha value is -0.890. The molecule has 2 rings (SSSR count). The number of nitrogens with zero attached hydrogens (tertiary/aromatic N) is 2. The molecule has 1 aliphatic rings. The second kappa shape index (κ2) is 5.83. The van der Waals surface area contributed by atoms with Gasteiger partial charge < -0.3 is 10.6 Å². The Labute approximate surface area is 120 Å². The summed E-state index contributed by atoms with van der Waals surface area (Å²) in [6.45, 7) is 2.41. The zero-order chi connectivity index (χ0) is 13.1. The molecule has 1 saturated heterocycles. The molecule has 0 saturated carbocycles. The van der Waals surface area contributed by atoms with Crippen LogP contribution in [0.3, 0.4) is 0 Å². The van der Waals surface area contributed by atoms with Crippen LogP contribution in [-0.4, -0.2) is 24.6 Å². The van der Waals surface area contributed by atoms with Crippen molar-refractivity contribution >= 4 is 34.0 Å². The summed E-state index contributed by atoms with van der Waals surface area (Å²) in [6, 6.07) is 5.39. The molecule has 0 aromatic heterocycles. The molecule has 98 valence electrons. The number of piperidine rings is 1. The molecule has 5 nitrogen and oxygen atoms in total. The minimum atomic E-state index is -0.299. The number of rotatable bonds is 3. The van der Waals surface area contributed by atoms with Crippen LogP contribution in [0.5, 0.6) is 0 Å². The Kier molecular flexibility index (Phi) is 4.39. The average Bonchev–Trinajstić information content (AvgIpc) is 2.39. The molecular weight excluding hydrogens is 345 g/mol. The number of halogens is 1. The number of benzene rings is 1. The maximum atomic E-state index is 11.1. The molecule has 0 radical (unpaired) electrons. The number of hydrogen-bond acceptors (Lipinski definition) is 4. The molecule has 0 atom stereocenters. The summed E-state index contributed by atoms with van der Waals surface area (Å²) in [5.41, 5.74) is 6.59. The van der Waals surface area contributed by atoms with Gasteiger partial charge in [-0.3, -0.25) is 10.1 Å². The van der Waals surface area contributed by atoms with E-state index in [1.165, 1.54) is 0 Å². The number of nitrogens with two attached hydrogens (primary N) is 1. The van der Waals surface area contributed by atoms with Crippen LogP contribution in [0, 0.1) is 19.6 Å². The average molecular weight is 361 g/mol. The monoisotopic (exact) mass is 361 g/mol. The summed E-state index contributed by atoms with van der Waals surface area (Å²) in [6.07, 6.45) is 2.03. The SMILES string of the molecule is NCC1CCN(c2ccc(I)cc2[N+](=O)[O-])CC1. The minimum absolute atomic E-state index is 0.202. The maximum Gasteiger partial charge on any atom is 0.293 e. The van der Waals surface area contributed by atoms with E-state index in [-0.39, 0.29) is 10.6 Å². The fourth-order valence-electron chi connectivity index (χ4n) is 2.32. The molecule has 0 bridgehead atoms. The second-order valence-corrected chi connectivity index (χ2v) is 5.80. The molecule has 0 aliphatic carbocycles. The molecule has 18 heavy (non-hydrogen) atoms. The Morgan fingerprint density at radius 1 is 1.44 bits per heavy atom. The molecule has 2 N–H and O–H groups in total. The first-order valence-corrected chi connectivity index (χ1v) is 7.08. The highest BCUT2D eigenvalue weighted by Crippen LogP contribution is 2.32. The fraction of sp³-hybridized carbons (Fsp3) is 0.500. The third-order valence-corrected chi connectivity index (χ3v) is 4.09. The van der Waals surface area contributed by atoms with E-state index in [0.717, 1.165) is 35.2 Å². The standard InChI is InChI=1S/C12H16IN3O2/c13-10-1-2-11(12(7-10)16(17)18)15-5-3-9(8-14)4-6-15/h1-2,7,9H,3-6,8,14H2. The first kappa shape index (κ1) is 13.5. The zero-order valence-corrected chi connectivity index (χ0v) is 12.2. The van der Waals surface area contributed by atoms with Gasteiger partial charge in [0.05, 0.1) is 4.92 Å². The lowest BCUT2D eigenvalue weighted by Crippen LogP contribution is -2.36. The molecule has 0 unspecified atom stereocenters. The van der Waals surface area contributed by atoms with Gasteiger partial charge in [-0.25, -0.2) is 0 Å². The van der Waals surface area contributed by atoms with Gasteiger partial charge in [-0.1, -0.05) is 0 Å². The lowest BCUT2D eigenvalue weighted by atomic mass is 9.96. The van der Waals surface area contributed by atoms with E-state index in [4.69, 9.17) is 5.73 Å². The first-order valence-electron chi connectivity index (χ1n) is 6.00. The maximum absolute atomic E-state index is 11.1. The predicted molar refractivity (Wildman–Crippen MR) is 79.8 cm³/mol. The molecule has 1 aromatic rings. The summed E-state index contributed by atoms with van der Waals surface area (Å²) >= 11 is 2.10. The quantitative estimate of drug-likeness (QED) is 0.510. The minimum Gasteiger partial charge on any atom is -0.366 e. The van der Waals surface area contributed by atoms with Crippen molar-refractivity contribution in [2.75, 3.05) is 24.5 Å². The Bertz CT molecular complexity index is 445. The highest BCUT2D eigenvalue weighted by Gasteiger charge is 2.24. The van der Waals surface area contributed by atoms with Gasteiger partial charge in [0.1, 0.15) is 5.69 Å². The van der Waals surface area contributed by atoms with Gasteiger partial charge in [0.2, 0.25) is 0 Å². The number of nitro benzene ring substituents is 1. The van der Waals surface area contributed by atoms with E-state index in [9.17, 15) is 10.1 Å². The van der Waals surface area contributed by atoms with Crippen molar-refractivity contribution in [3.05, 3.63) is 31.9 Å². The summed E-state index contributed by atoms with van der Waals surface area (Å²) in [5.74, 6) is 0.559. The van der Waals surface area contributed by atoms with Crippen LogP contribution in [0.2, 0.25) is 0 Å². The molecule has 1 aliphatic heterocycles. The van der Waals surface area contributed by atoms with Crippen molar-refractivity contribution in [1.29, 1.82) is 0 Å². The predicted octanol–water partition coefficient (Wildman–Crippen LogP) is 2.37. The van der Waals surface area contributed by atoms with E-state index < -0.39 is 0 Å². The van der Waals surface area contributed by atoms with Crippen LogP contribution in [0.1, 0.15) is 12.8 Å². The molecule has 1 heterocycles. The van der Waals surface area contributed by atoms with Crippen LogP contribution in [0.4, 0.5) is 11.4 Å². The van der Waals surface area contributed by atoms with Gasteiger partial charge in [-0.2, -0.15) is 0 Å². The summed E-state index contributed by atoms with van der Waals surface area (Å²) in [5, 5.41) is 11.1. The first-order chi connectivity index (χ1) is 8.61. The van der Waals surface area contributed by atoms with Crippen molar-refractivity contribution in [2.24, 2.45) is 11.7 Å². The van der Waals surface area contributed by atoms with Crippen molar-refractivity contribution in [1.82, 2.24) is 0 Å². The number of nitro groups is 1. The van der Waals surface area contributed by atoms with Crippen LogP contribution in [-0.2, 0) is 0 Å². The lowest BCUT2D eigenvalue weighted by molar-refractivity contribution is -0.384. The highest BCUT2D eigenvalue weighted by molar-refractivity contribution is 14.1. The van der Waals surface area contributed by atoms with Crippen LogP contribution >= 0.6 is 22.6 Å². The van der Waals surface area contributed by atoms with Crippen molar-refractivity contribution in [3.63, 3.8) is 0 Å². The zero-order valence-electron chi connectivity index (χ0n) is 10.0. The van der Waals surface area contributed by atoms with Gasteiger partial charge in [-0.15, -0.1) is 0 Å². The fourth-order valence-corrected chi connectivity index (χ4v) is 2.79. The van der Waals surface area contributed by atoms with Gasteiger partial charge in [-0.05, 0) is 60.0 Å². The highest BCUT2D eigenvalue weighted by atomic mass is 127. The third-order valence-electron chi connectivity index (χ3n) is 3.42. The van der Waals surface area contributed by atoms with Crippen molar-refractivity contribution in [3.8, 4) is 0 Å². The van der Waals surface area contributed by atoms with E-state index in [1.54, 1.807) is 6.07 Å². The smallest absolute Gasteiger partial charge is 0.293 e. The van der Waals surface area contributed by atoms with E-state index >= 15 is 0 Å². The molecule has 6 heteroatoms. The van der Waals surface area contributed by atoms with E-state index in [0.29, 0.717) is 12.5 Å². The van der Waals surface area contributed by atoms with Gasteiger partial charge >= 0.3 is 0 Å². The largest absolute Gasteiger partial charge is 0.366 e. The summed E-state index contributed by atoms with van der Waals surface area (Å²) < 4.78 is 0.889. The summed E-state index contributed by atoms with van der Waals surface area (Å²) in [7, 11) is 0. The van der Waals surface area contributed by atoms with Crippen molar-refractivity contribution in [2.45, 2.75) is 12.8 Å². The van der Waals surface area contributed by atoms with E-state index in [2.05, 4.69) is 27.5 Å². The second-order valence-electron chi connectivity index (χ2n) is 4.56. The lowest BCUT2D eigenvalue weighted by Gasteiger charge is -2.32. The third kappa shape index (κ3) is 2.92. The van der Waals surface area contributed by atoms with Gasteiger partial charge in [0.25, 0.3) is 5.69 Å². The van der Waals surface area contributed by atoms with Gasteiger partial charge in [0, 0.05) is 22.7 Å². The van der Waals surface area contributed by atoms with Gasteiger partial charge in [0.15, 0.2) is 0 Å². The number of anilines is 1. The Balaban J connectivity index is 2.21.